The van der Waals surface area contributed by atoms with Crippen molar-refractivity contribution in [3.63, 3.8) is 0 Å². The summed E-state index contributed by atoms with van der Waals surface area (Å²) in [5.74, 6) is 0.0762. The van der Waals surface area contributed by atoms with Gasteiger partial charge >= 0.3 is 5.69 Å². The Morgan fingerprint density at radius 2 is 2.05 bits per heavy atom. The van der Waals surface area contributed by atoms with E-state index in [-0.39, 0.29) is 11.4 Å². The molecule has 0 amide bonds. The van der Waals surface area contributed by atoms with Crippen LogP contribution in [0, 0.1) is 6.92 Å². The monoisotopic (exact) mass is 276 g/mol. The second-order valence-corrected chi connectivity index (χ2v) is 4.43. The maximum atomic E-state index is 12.0. The molecule has 0 aliphatic heterocycles. The summed E-state index contributed by atoms with van der Waals surface area (Å²) in [6, 6.07) is 5.24. The molecule has 0 unspecified atom stereocenters. The minimum Gasteiger partial charge on any atom is -0.495 e. The Hall–Kier alpha value is -2.50. The van der Waals surface area contributed by atoms with Crippen LogP contribution in [0.2, 0.25) is 0 Å². The van der Waals surface area contributed by atoms with E-state index < -0.39 is 11.2 Å². The molecule has 1 heterocycles. The van der Waals surface area contributed by atoms with Gasteiger partial charge in [0.05, 0.1) is 18.4 Å². The second-order valence-electron chi connectivity index (χ2n) is 4.43. The van der Waals surface area contributed by atoms with Gasteiger partial charge in [0.2, 0.25) is 5.88 Å². The van der Waals surface area contributed by atoms with Crippen LogP contribution in [0.3, 0.4) is 0 Å². The fourth-order valence-electron chi connectivity index (χ4n) is 2.08. The summed E-state index contributed by atoms with van der Waals surface area (Å²) in [6.45, 7) is 3.59. The summed E-state index contributed by atoms with van der Waals surface area (Å²) in [5.41, 5.74) is 0.178. The van der Waals surface area contributed by atoms with Crippen LogP contribution in [0.25, 0.3) is 5.69 Å². The van der Waals surface area contributed by atoms with Gasteiger partial charge in [-0.25, -0.2) is 9.36 Å². The zero-order valence-corrected chi connectivity index (χ0v) is 11.6. The highest BCUT2D eigenvalue weighted by Crippen LogP contribution is 2.26. The predicted molar refractivity (Wildman–Crippen MR) is 75.0 cm³/mol. The molecular weight excluding hydrogens is 260 g/mol. The average Bonchev–Trinajstić information content (AvgIpc) is 2.39. The number of aryl methyl sites for hydroxylation is 1. The van der Waals surface area contributed by atoms with Gasteiger partial charge in [-0.05, 0) is 31.0 Å². The van der Waals surface area contributed by atoms with E-state index in [0.29, 0.717) is 17.9 Å². The molecule has 106 valence electrons. The number of hydrogen-bond donors (Lipinski definition) is 2. The number of H-pyrrole nitrogens is 1. The number of nitrogens with one attached hydrogen (secondary N) is 1. The molecule has 2 aromatic rings. The number of rotatable bonds is 3. The molecule has 0 aliphatic carbocycles. The summed E-state index contributed by atoms with van der Waals surface area (Å²) < 4.78 is 6.25. The molecule has 1 aromatic heterocycles. The lowest BCUT2D eigenvalue weighted by molar-refractivity contribution is 0.399. The van der Waals surface area contributed by atoms with Crippen molar-refractivity contribution in [1.82, 2.24) is 9.55 Å². The first-order valence-corrected chi connectivity index (χ1v) is 6.21. The highest BCUT2D eigenvalue weighted by atomic mass is 16.5. The first kappa shape index (κ1) is 13.9. The Morgan fingerprint density at radius 3 is 2.65 bits per heavy atom. The van der Waals surface area contributed by atoms with E-state index in [4.69, 9.17) is 4.74 Å². The number of aromatic hydroxyl groups is 1. The molecule has 0 atom stereocenters. The minimum absolute atomic E-state index is 0.160. The van der Waals surface area contributed by atoms with Gasteiger partial charge in [-0.1, -0.05) is 13.0 Å². The first-order chi connectivity index (χ1) is 9.49. The van der Waals surface area contributed by atoms with Gasteiger partial charge in [0.25, 0.3) is 5.56 Å². The van der Waals surface area contributed by atoms with Crippen LogP contribution in [0.15, 0.2) is 27.8 Å². The minimum atomic E-state index is -0.700. The molecule has 6 heteroatoms. The number of ether oxygens (including phenoxy) is 1. The molecule has 0 spiro atoms. The SMILES string of the molecule is CCc1c(O)n(-c2cc(C)ccc2OC)c(=O)[nH]c1=O. The Kier molecular flexibility index (Phi) is 3.65. The van der Waals surface area contributed by atoms with E-state index in [1.54, 1.807) is 19.1 Å². The molecule has 20 heavy (non-hydrogen) atoms. The summed E-state index contributed by atoms with van der Waals surface area (Å²) >= 11 is 0. The van der Waals surface area contributed by atoms with Gasteiger partial charge in [-0.15, -0.1) is 0 Å². The normalized spacial score (nSPS) is 10.6. The fourth-order valence-corrected chi connectivity index (χ4v) is 2.08. The lowest BCUT2D eigenvalue weighted by Gasteiger charge is -2.14. The lowest BCUT2D eigenvalue weighted by Crippen LogP contribution is -2.31. The van der Waals surface area contributed by atoms with E-state index in [2.05, 4.69) is 4.98 Å². The number of benzene rings is 1. The third-order valence-corrected chi connectivity index (χ3v) is 3.11. The van der Waals surface area contributed by atoms with Crippen molar-refractivity contribution in [1.29, 1.82) is 0 Å². The fraction of sp³-hybridized carbons (Fsp3) is 0.286. The van der Waals surface area contributed by atoms with Gasteiger partial charge in [0.1, 0.15) is 5.75 Å². The number of nitrogens with zero attached hydrogens (tertiary/aromatic N) is 1. The standard InChI is InChI=1S/C14H16N2O4/c1-4-9-12(17)15-14(19)16(13(9)18)10-7-8(2)5-6-11(10)20-3/h5-7,18H,4H2,1-3H3,(H,15,17,19). The van der Waals surface area contributed by atoms with Crippen molar-refractivity contribution < 1.29 is 9.84 Å². The molecule has 0 fully saturated rings. The van der Waals surface area contributed by atoms with Gasteiger partial charge in [0.15, 0.2) is 0 Å². The van der Waals surface area contributed by atoms with Crippen molar-refractivity contribution in [3.05, 3.63) is 50.2 Å². The van der Waals surface area contributed by atoms with Gasteiger partial charge in [-0.3, -0.25) is 9.78 Å². The maximum absolute atomic E-state index is 12.0. The molecule has 0 bridgehead atoms. The number of aromatic amines is 1. The molecular formula is C14H16N2O4. The molecule has 2 N–H and O–H groups in total. The number of hydrogen-bond acceptors (Lipinski definition) is 4. The van der Waals surface area contributed by atoms with E-state index in [9.17, 15) is 14.7 Å². The zero-order valence-electron chi connectivity index (χ0n) is 11.6. The molecule has 2 rings (SSSR count). The summed E-state index contributed by atoms with van der Waals surface area (Å²) in [4.78, 5) is 25.8. The third kappa shape index (κ3) is 2.20. The number of methoxy groups -OCH3 is 1. The Balaban J connectivity index is 2.86. The van der Waals surface area contributed by atoms with Crippen LogP contribution in [0.5, 0.6) is 11.6 Å². The Labute approximate surface area is 115 Å². The van der Waals surface area contributed by atoms with Crippen molar-refractivity contribution in [3.8, 4) is 17.3 Å². The van der Waals surface area contributed by atoms with Crippen LogP contribution in [-0.4, -0.2) is 21.8 Å². The molecule has 6 nitrogen and oxygen atoms in total. The third-order valence-electron chi connectivity index (χ3n) is 3.11. The maximum Gasteiger partial charge on any atom is 0.335 e. The molecule has 0 saturated carbocycles. The van der Waals surface area contributed by atoms with E-state index in [1.807, 2.05) is 13.0 Å². The summed E-state index contributed by atoms with van der Waals surface area (Å²) in [6.07, 6.45) is 0.315. The van der Waals surface area contributed by atoms with Gasteiger partial charge < -0.3 is 9.84 Å². The molecule has 0 aliphatic rings. The van der Waals surface area contributed by atoms with Crippen molar-refractivity contribution in [2.75, 3.05) is 7.11 Å². The van der Waals surface area contributed by atoms with Crippen molar-refractivity contribution in [2.24, 2.45) is 0 Å². The topological polar surface area (TPSA) is 84.3 Å². The Bertz CT molecular complexity index is 759. The van der Waals surface area contributed by atoms with Crippen LogP contribution >= 0.6 is 0 Å². The largest absolute Gasteiger partial charge is 0.495 e. The van der Waals surface area contributed by atoms with E-state index in [0.717, 1.165) is 10.1 Å². The molecule has 0 radical (unpaired) electrons. The smallest absolute Gasteiger partial charge is 0.335 e. The highest BCUT2D eigenvalue weighted by Gasteiger charge is 2.16. The summed E-state index contributed by atoms with van der Waals surface area (Å²) in [5, 5.41) is 10.2. The van der Waals surface area contributed by atoms with Crippen LogP contribution < -0.4 is 16.0 Å². The molecule has 1 aromatic carbocycles. The Morgan fingerprint density at radius 1 is 1.35 bits per heavy atom. The first-order valence-electron chi connectivity index (χ1n) is 6.21. The predicted octanol–water partition coefficient (Wildman–Crippen LogP) is 1.11. The molecule has 0 saturated heterocycles. The van der Waals surface area contributed by atoms with Gasteiger partial charge in [0, 0.05) is 0 Å². The highest BCUT2D eigenvalue weighted by molar-refractivity contribution is 5.51. The number of aromatic nitrogens is 2. The summed E-state index contributed by atoms with van der Waals surface area (Å²) in [7, 11) is 1.47. The van der Waals surface area contributed by atoms with Crippen molar-refractivity contribution >= 4 is 0 Å². The van der Waals surface area contributed by atoms with E-state index >= 15 is 0 Å². The quantitative estimate of drug-likeness (QED) is 0.879. The lowest BCUT2D eigenvalue weighted by atomic mass is 10.2. The van der Waals surface area contributed by atoms with Crippen molar-refractivity contribution in [2.45, 2.75) is 20.3 Å². The second kappa shape index (κ2) is 5.24. The van der Waals surface area contributed by atoms with Gasteiger partial charge in [-0.2, -0.15) is 0 Å². The van der Waals surface area contributed by atoms with Crippen LogP contribution in [0.4, 0.5) is 0 Å². The average molecular weight is 276 g/mol. The van der Waals surface area contributed by atoms with E-state index in [1.165, 1.54) is 7.11 Å². The zero-order chi connectivity index (χ0) is 14.9. The van der Waals surface area contributed by atoms with Crippen LogP contribution in [0.1, 0.15) is 18.1 Å². The van der Waals surface area contributed by atoms with Crippen LogP contribution in [-0.2, 0) is 6.42 Å².